The van der Waals surface area contributed by atoms with Crippen molar-refractivity contribution in [3.63, 3.8) is 0 Å². The van der Waals surface area contributed by atoms with Crippen LogP contribution in [0.5, 0.6) is 5.75 Å². The molecule has 1 aliphatic heterocycles. The van der Waals surface area contributed by atoms with Crippen molar-refractivity contribution in [3.8, 4) is 5.75 Å². The van der Waals surface area contributed by atoms with Gasteiger partial charge in [-0.05, 0) is 77.0 Å². The molecule has 0 aliphatic carbocycles. The minimum Gasteiger partial charge on any atom is -0.508 e. The fourth-order valence-electron chi connectivity index (χ4n) is 5.13. The first-order valence-electron chi connectivity index (χ1n) is 13.0. The predicted octanol–water partition coefficient (Wildman–Crippen LogP) is 6.20. The van der Waals surface area contributed by atoms with Gasteiger partial charge in [-0.1, -0.05) is 38.5 Å². The summed E-state index contributed by atoms with van der Waals surface area (Å²) in [5.74, 6) is -0.984. The lowest BCUT2D eigenvalue weighted by Gasteiger charge is -2.27. The Hall–Kier alpha value is -4.27. The molecule has 3 N–H and O–H groups in total. The van der Waals surface area contributed by atoms with E-state index in [1.54, 1.807) is 7.05 Å². The monoisotopic (exact) mass is 532 g/mol. The molecule has 2 amide bonds. The van der Waals surface area contributed by atoms with Crippen LogP contribution in [0.1, 0.15) is 76.8 Å². The Morgan fingerprint density at radius 2 is 1.97 bits per heavy atom. The van der Waals surface area contributed by atoms with Gasteiger partial charge in [0.2, 0.25) is 5.91 Å². The minimum atomic E-state index is -0.990. The quantitative estimate of drug-likeness (QED) is 0.269. The normalized spacial score (nSPS) is 13.8. The fourth-order valence-corrected chi connectivity index (χ4v) is 5.13. The van der Waals surface area contributed by atoms with E-state index in [2.05, 4.69) is 29.7 Å². The third-order valence-corrected chi connectivity index (χ3v) is 7.26. The van der Waals surface area contributed by atoms with Crippen molar-refractivity contribution >= 4 is 23.2 Å². The van der Waals surface area contributed by atoms with Crippen LogP contribution >= 0.6 is 0 Å². The van der Waals surface area contributed by atoms with E-state index in [9.17, 15) is 19.6 Å². The number of anilines is 1. The average molecular weight is 533 g/mol. The van der Waals surface area contributed by atoms with Gasteiger partial charge in [-0.3, -0.25) is 9.59 Å². The van der Waals surface area contributed by atoms with E-state index in [0.717, 1.165) is 18.4 Å². The molecule has 0 radical (unpaired) electrons. The van der Waals surface area contributed by atoms with Crippen LogP contribution in [-0.4, -0.2) is 28.9 Å². The van der Waals surface area contributed by atoms with Gasteiger partial charge >= 0.3 is 0 Å². The van der Waals surface area contributed by atoms with Gasteiger partial charge in [0.1, 0.15) is 23.3 Å². The summed E-state index contributed by atoms with van der Waals surface area (Å²) in [6, 6.07) is 11.7. The van der Waals surface area contributed by atoms with Gasteiger partial charge in [0.05, 0.1) is 5.69 Å². The van der Waals surface area contributed by atoms with Gasteiger partial charge in [0.25, 0.3) is 5.91 Å². The lowest BCUT2D eigenvalue weighted by atomic mass is 9.90. The summed E-state index contributed by atoms with van der Waals surface area (Å²) in [6.45, 7) is 6.54. The molecule has 1 unspecified atom stereocenters. The van der Waals surface area contributed by atoms with E-state index in [1.165, 1.54) is 40.8 Å². The molecule has 39 heavy (non-hydrogen) atoms. The van der Waals surface area contributed by atoms with E-state index >= 15 is 4.39 Å². The molecule has 0 spiro atoms. The Labute approximate surface area is 227 Å². The molecular formula is C30H33FN4O4. The molecule has 0 saturated heterocycles. The zero-order valence-corrected chi connectivity index (χ0v) is 22.5. The maximum atomic E-state index is 15.1. The number of halogens is 1. The van der Waals surface area contributed by atoms with Gasteiger partial charge in [-0.25, -0.2) is 4.39 Å². The predicted molar refractivity (Wildman–Crippen MR) is 148 cm³/mol. The lowest BCUT2D eigenvalue weighted by molar-refractivity contribution is -0.131. The third-order valence-electron chi connectivity index (χ3n) is 7.26. The van der Waals surface area contributed by atoms with Crippen molar-refractivity contribution in [1.82, 2.24) is 10.2 Å². The number of carbonyl (C=O) groups is 2. The lowest BCUT2D eigenvalue weighted by Crippen LogP contribution is -2.35. The Bertz CT molecular complexity index is 1420. The number of phenolic OH excluding ortho intramolecular Hbond substituents is 1. The smallest absolute Gasteiger partial charge is 0.251 e. The highest BCUT2D eigenvalue weighted by atomic mass is 19.1. The van der Waals surface area contributed by atoms with Crippen LogP contribution in [0.4, 0.5) is 15.8 Å². The third kappa shape index (κ3) is 5.92. The van der Waals surface area contributed by atoms with Gasteiger partial charge in [-0.2, -0.15) is 0 Å². The topological polar surface area (TPSA) is 111 Å². The van der Waals surface area contributed by atoms with Gasteiger partial charge in [0, 0.05) is 31.3 Å². The molecule has 0 aromatic heterocycles. The Morgan fingerprint density at radius 1 is 1.21 bits per heavy atom. The average Bonchev–Trinajstić information content (AvgIpc) is 3.26. The zero-order valence-electron chi connectivity index (χ0n) is 22.5. The molecular weight excluding hydrogens is 499 g/mol. The maximum absolute atomic E-state index is 15.1. The van der Waals surface area contributed by atoms with Crippen molar-refractivity contribution in [2.24, 2.45) is 5.18 Å². The van der Waals surface area contributed by atoms with Gasteiger partial charge < -0.3 is 20.6 Å². The van der Waals surface area contributed by atoms with E-state index in [4.69, 9.17) is 0 Å². The second kappa shape index (κ2) is 11.6. The number of fused-ring (bicyclic) bond motifs is 1. The van der Waals surface area contributed by atoms with Crippen molar-refractivity contribution in [3.05, 3.63) is 92.6 Å². The van der Waals surface area contributed by atoms with Crippen LogP contribution < -0.4 is 10.6 Å². The van der Waals surface area contributed by atoms with Crippen molar-refractivity contribution < 1.29 is 19.1 Å². The SMILES string of the molecule is CCC[C@H](C)c1ccc(C(Nc2cc3c(cc2F)CNC3=O)C(=O)N(C)Cc2cc(N=O)ccc2O)cc1C. The molecule has 0 fully saturated rings. The van der Waals surface area contributed by atoms with Crippen LogP contribution in [-0.2, 0) is 17.9 Å². The number of hydrogen-bond acceptors (Lipinski definition) is 6. The molecule has 2 atom stereocenters. The Kier molecular flexibility index (Phi) is 8.28. The number of benzene rings is 3. The number of likely N-dealkylation sites (N-methyl/N-ethyl adjacent to an activating group) is 1. The van der Waals surface area contributed by atoms with Crippen LogP contribution in [0.25, 0.3) is 0 Å². The number of amides is 2. The van der Waals surface area contributed by atoms with E-state index in [-0.39, 0.29) is 36.1 Å². The summed E-state index contributed by atoms with van der Waals surface area (Å²) in [7, 11) is 1.56. The number of nitrogens with one attached hydrogen (secondary N) is 2. The van der Waals surface area contributed by atoms with Crippen molar-refractivity contribution in [2.75, 3.05) is 12.4 Å². The van der Waals surface area contributed by atoms with Crippen LogP contribution in [0.3, 0.4) is 0 Å². The van der Waals surface area contributed by atoms with E-state index < -0.39 is 17.8 Å². The standard InChI is InChI=1S/C30H33FN4O4/c1-5-6-17(2)23-9-7-19(11-18(23)3)28(33-26-14-24-20(13-25(26)31)15-32-29(24)37)30(38)35(4)16-21-12-22(34-39)8-10-27(21)36/h7-14,17,28,33,36H,5-6,15-16H2,1-4H3,(H,32,37)/t17-,28?/m0/s1. The molecule has 1 aliphatic rings. The van der Waals surface area contributed by atoms with Crippen LogP contribution in [0.2, 0.25) is 0 Å². The number of phenols is 1. The highest BCUT2D eigenvalue weighted by Crippen LogP contribution is 2.32. The van der Waals surface area contributed by atoms with Crippen molar-refractivity contribution in [2.45, 2.75) is 58.7 Å². The maximum Gasteiger partial charge on any atom is 0.251 e. The number of nitroso groups, excluding NO2 is 1. The van der Waals surface area contributed by atoms with Crippen LogP contribution in [0, 0.1) is 17.6 Å². The number of nitrogens with zero attached hydrogens (tertiary/aromatic N) is 2. The fraction of sp³-hybridized carbons (Fsp3) is 0.333. The summed E-state index contributed by atoms with van der Waals surface area (Å²) in [4.78, 5) is 38.5. The number of hydrogen-bond donors (Lipinski definition) is 3. The summed E-state index contributed by atoms with van der Waals surface area (Å²) in [5, 5.41) is 18.9. The molecule has 0 bridgehead atoms. The van der Waals surface area contributed by atoms with E-state index in [1.807, 2.05) is 25.1 Å². The summed E-state index contributed by atoms with van der Waals surface area (Å²) in [5.41, 5.74) is 4.28. The van der Waals surface area contributed by atoms with Gasteiger partial charge in [-0.15, -0.1) is 4.91 Å². The molecule has 0 saturated carbocycles. The number of aromatic hydroxyl groups is 1. The molecule has 3 aromatic carbocycles. The molecule has 1 heterocycles. The molecule has 9 heteroatoms. The number of rotatable bonds is 10. The summed E-state index contributed by atoms with van der Waals surface area (Å²) in [6.07, 6.45) is 2.08. The van der Waals surface area contributed by atoms with E-state index in [0.29, 0.717) is 28.2 Å². The van der Waals surface area contributed by atoms with Crippen molar-refractivity contribution in [1.29, 1.82) is 0 Å². The number of aryl methyl sites for hydroxylation is 1. The Morgan fingerprint density at radius 3 is 2.67 bits per heavy atom. The second-order valence-corrected chi connectivity index (χ2v) is 10.2. The summed E-state index contributed by atoms with van der Waals surface area (Å²) >= 11 is 0. The first-order valence-corrected chi connectivity index (χ1v) is 13.0. The Balaban J connectivity index is 1.71. The highest BCUT2D eigenvalue weighted by molar-refractivity contribution is 5.99. The highest BCUT2D eigenvalue weighted by Gasteiger charge is 2.28. The first kappa shape index (κ1) is 27.8. The van der Waals surface area contributed by atoms with Gasteiger partial charge in [0.15, 0.2) is 0 Å². The first-order chi connectivity index (χ1) is 18.6. The molecule has 3 aromatic rings. The van der Waals surface area contributed by atoms with Crippen LogP contribution in [0.15, 0.2) is 53.7 Å². The molecule has 4 rings (SSSR count). The minimum absolute atomic E-state index is 0.00805. The molecule has 204 valence electrons. The summed E-state index contributed by atoms with van der Waals surface area (Å²) < 4.78 is 15.1. The molecule has 8 nitrogen and oxygen atoms in total. The zero-order chi connectivity index (χ0) is 28.3. The second-order valence-electron chi connectivity index (χ2n) is 10.2. The largest absolute Gasteiger partial charge is 0.508 e. The number of carbonyl (C=O) groups excluding carboxylic acids is 2.